The Kier molecular flexibility index (Phi) is 14.2. The molecular formula is C26H34NO5P. The van der Waals surface area contributed by atoms with Crippen LogP contribution in [0.15, 0.2) is 84.0 Å². The zero-order valence-corrected chi connectivity index (χ0v) is 20.4. The van der Waals surface area contributed by atoms with Crippen LogP contribution in [0.1, 0.15) is 23.6 Å². The van der Waals surface area contributed by atoms with Gasteiger partial charge in [0.05, 0.1) is 0 Å². The Morgan fingerprint density at radius 2 is 1.39 bits per heavy atom. The molecule has 0 aliphatic carbocycles. The molecule has 0 fully saturated rings. The summed E-state index contributed by atoms with van der Waals surface area (Å²) in [6.45, 7) is 2.78. The van der Waals surface area contributed by atoms with Gasteiger partial charge in [0.15, 0.2) is 0 Å². The number of hydrogen-bond donors (Lipinski definition) is 1. The molecule has 0 bridgehead atoms. The standard InChI is InChI=1S/C24H26NO3P.C2H6O.H2O/c1-26-25-24(21-5-3-2-4-6-21)18-28-23-13-9-20(10-14-23)17-27-22-11-7-19(8-12-22)15-16-29;1-2-3;/h2-14H,15-18,29H2,1H3;3H,2H2,1H3;1H2/b25-24+;;. The van der Waals surface area contributed by atoms with Crippen molar-refractivity contribution in [1.29, 1.82) is 0 Å². The summed E-state index contributed by atoms with van der Waals surface area (Å²) in [5, 5.41) is 11.6. The van der Waals surface area contributed by atoms with Crippen molar-refractivity contribution in [2.45, 2.75) is 20.0 Å². The third kappa shape index (κ3) is 10.5. The second kappa shape index (κ2) is 16.7. The number of oxime groups is 1. The van der Waals surface area contributed by atoms with Crippen LogP contribution in [0, 0.1) is 0 Å². The van der Waals surface area contributed by atoms with Crippen LogP contribution in [0.3, 0.4) is 0 Å². The number of hydrogen-bond acceptors (Lipinski definition) is 5. The van der Waals surface area contributed by atoms with Crippen LogP contribution in [0.2, 0.25) is 0 Å². The van der Waals surface area contributed by atoms with Gasteiger partial charge in [0.2, 0.25) is 0 Å². The highest BCUT2D eigenvalue weighted by molar-refractivity contribution is 7.16. The number of aliphatic hydroxyl groups is 1. The van der Waals surface area contributed by atoms with Gasteiger partial charge in [0, 0.05) is 12.2 Å². The van der Waals surface area contributed by atoms with Crippen molar-refractivity contribution in [3.8, 4) is 11.5 Å². The third-order valence-electron chi connectivity index (χ3n) is 4.37. The van der Waals surface area contributed by atoms with E-state index in [2.05, 4.69) is 26.5 Å². The van der Waals surface area contributed by atoms with Crippen LogP contribution in [0.5, 0.6) is 11.5 Å². The van der Waals surface area contributed by atoms with Crippen LogP contribution < -0.4 is 9.47 Å². The Bertz CT molecular complexity index is 916. The number of nitrogens with zero attached hydrogens (tertiary/aromatic N) is 1. The maximum Gasteiger partial charge on any atom is 0.134 e. The second-order valence-corrected chi connectivity index (χ2v) is 7.38. The van der Waals surface area contributed by atoms with Crippen LogP contribution in [-0.4, -0.2) is 42.8 Å². The molecule has 0 aliphatic heterocycles. The smallest absolute Gasteiger partial charge is 0.134 e. The normalized spacial score (nSPS) is 10.4. The number of aliphatic hydroxyl groups excluding tert-OH is 1. The largest absolute Gasteiger partial charge is 0.489 e. The summed E-state index contributed by atoms with van der Waals surface area (Å²) in [5.74, 6) is 1.65. The molecule has 0 radical (unpaired) electrons. The predicted molar refractivity (Wildman–Crippen MR) is 137 cm³/mol. The first-order valence-electron chi connectivity index (χ1n) is 10.6. The Morgan fingerprint density at radius 1 is 0.848 bits per heavy atom. The first-order chi connectivity index (χ1) is 15.7. The Labute approximate surface area is 198 Å². The highest BCUT2D eigenvalue weighted by Gasteiger charge is 2.06. The highest BCUT2D eigenvalue weighted by Crippen LogP contribution is 2.17. The first-order valence-corrected chi connectivity index (χ1v) is 11.4. The summed E-state index contributed by atoms with van der Waals surface area (Å²) < 4.78 is 11.7. The van der Waals surface area contributed by atoms with Crippen LogP contribution in [-0.2, 0) is 17.9 Å². The molecule has 0 aromatic heterocycles. The highest BCUT2D eigenvalue weighted by atomic mass is 31.0. The fourth-order valence-electron chi connectivity index (χ4n) is 2.82. The number of aryl methyl sites for hydroxylation is 1. The molecule has 0 spiro atoms. The van der Waals surface area contributed by atoms with E-state index in [0.717, 1.165) is 40.9 Å². The average molecular weight is 472 g/mol. The molecule has 1 atom stereocenters. The van der Waals surface area contributed by atoms with E-state index in [-0.39, 0.29) is 12.1 Å². The molecule has 178 valence electrons. The second-order valence-electron chi connectivity index (χ2n) is 6.81. The molecule has 0 saturated carbocycles. The molecule has 3 N–H and O–H groups in total. The minimum atomic E-state index is 0. The SMILES string of the molecule is CCO.CO/N=C(\COc1ccc(COc2ccc(CCP)cc2)cc1)c1ccccc1.O. The maximum atomic E-state index is 7.57. The molecule has 7 heteroatoms. The molecule has 1 unspecified atom stereocenters. The summed E-state index contributed by atoms with van der Waals surface area (Å²) >= 11 is 0. The fourth-order valence-corrected chi connectivity index (χ4v) is 3.16. The summed E-state index contributed by atoms with van der Waals surface area (Å²) in [4.78, 5) is 4.95. The first kappa shape index (κ1) is 28.1. The Balaban J connectivity index is 0.00000129. The molecule has 6 nitrogen and oxygen atoms in total. The van der Waals surface area contributed by atoms with E-state index >= 15 is 0 Å². The van der Waals surface area contributed by atoms with Crippen molar-refractivity contribution >= 4 is 15.0 Å². The van der Waals surface area contributed by atoms with Gasteiger partial charge < -0.3 is 24.9 Å². The maximum absolute atomic E-state index is 7.57. The van der Waals surface area contributed by atoms with Crippen molar-refractivity contribution in [2.24, 2.45) is 5.16 Å². The Morgan fingerprint density at radius 3 is 1.94 bits per heavy atom. The van der Waals surface area contributed by atoms with E-state index in [9.17, 15) is 0 Å². The van der Waals surface area contributed by atoms with Gasteiger partial charge in [-0.1, -0.05) is 59.8 Å². The zero-order valence-electron chi connectivity index (χ0n) is 19.2. The topological polar surface area (TPSA) is 91.8 Å². The summed E-state index contributed by atoms with van der Waals surface area (Å²) in [5.41, 5.74) is 4.12. The molecule has 0 amide bonds. The van der Waals surface area contributed by atoms with Gasteiger partial charge in [0.25, 0.3) is 0 Å². The van der Waals surface area contributed by atoms with Crippen LogP contribution in [0.4, 0.5) is 0 Å². The summed E-state index contributed by atoms with van der Waals surface area (Å²) in [7, 11) is 4.29. The lowest BCUT2D eigenvalue weighted by Gasteiger charge is -2.10. The quantitative estimate of drug-likeness (QED) is 0.271. The van der Waals surface area contributed by atoms with E-state index in [1.807, 2.05) is 66.7 Å². The third-order valence-corrected chi connectivity index (χ3v) is 4.66. The van der Waals surface area contributed by atoms with Crippen molar-refractivity contribution in [2.75, 3.05) is 26.5 Å². The molecule has 3 aromatic rings. The van der Waals surface area contributed by atoms with Gasteiger partial charge in [-0.3, -0.25) is 0 Å². The van der Waals surface area contributed by atoms with Gasteiger partial charge in [-0.2, -0.15) is 0 Å². The number of ether oxygens (including phenoxy) is 2. The zero-order chi connectivity index (χ0) is 23.0. The predicted octanol–water partition coefficient (Wildman–Crippen LogP) is 4.29. The lowest BCUT2D eigenvalue weighted by atomic mass is 10.1. The lowest BCUT2D eigenvalue weighted by Crippen LogP contribution is -2.13. The molecule has 3 rings (SSSR count). The Hall–Kier alpha value is -2.92. The van der Waals surface area contributed by atoms with E-state index in [1.54, 1.807) is 6.92 Å². The number of rotatable bonds is 10. The van der Waals surface area contributed by atoms with Crippen LogP contribution in [0.25, 0.3) is 0 Å². The molecule has 0 heterocycles. The molecule has 3 aromatic carbocycles. The van der Waals surface area contributed by atoms with E-state index < -0.39 is 0 Å². The van der Waals surface area contributed by atoms with Gasteiger partial charge in [-0.15, -0.1) is 9.24 Å². The fraction of sp³-hybridized carbons (Fsp3) is 0.269. The van der Waals surface area contributed by atoms with E-state index in [4.69, 9.17) is 19.4 Å². The van der Waals surface area contributed by atoms with E-state index in [1.165, 1.54) is 12.7 Å². The lowest BCUT2D eigenvalue weighted by molar-refractivity contribution is 0.210. The molecule has 0 aliphatic rings. The van der Waals surface area contributed by atoms with Crippen molar-refractivity contribution < 1.29 is 24.9 Å². The molecule has 0 saturated heterocycles. The van der Waals surface area contributed by atoms with Crippen molar-refractivity contribution in [3.63, 3.8) is 0 Å². The van der Waals surface area contributed by atoms with Gasteiger partial charge in [-0.05, 0) is 54.9 Å². The van der Waals surface area contributed by atoms with E-state index in [0.29, 0.717) is 13.2 Å². The summed E-state index contributed by atoms with van der Waals surface area (Å²) in [6.07, 6.45) is 2.13. The minimum Gasteiger partial charge on any atom is -0.489 e. The van der Waals surface area contributed by atoms with Gasteiger partial charge in [-0.25, -0.2) is 0 Å². The minimum absolute atomic E-state index is 0. The number of benzene rings is 3. The van der Waals surface area contributed by atoms with Gasteiger partial charge in [0.1, 0.15) is 37.5 Å². The van der Waals surface area contributed by atoms with Crippen molar-refractivity contribution in [1.82, 2.24) is 0 Å². The monoisotopic (exact) mass is 471 g/mol. The molecule has 33 heavy (non-hydrogen) atoms. The average Bonchev–Trinajstić information content (AvgIpc) is 2.83. The van der Waals surface area contributed by atoms with Crippen molar-refractivity contribution in [3.05, 3.63) is 95.6 Å². The molecular weight excluding hydrogens is 437 g/mol. The van der Waals surface area contributed by atoms with Gasteiger partial charge >= 0.3 is 0 Å². The van der Waals surface area contributed by atoms with Crippen LogP contribution >= 0.6 is 9.24 Å². The summed E-state index contributed by atoms with van der Waals surface area (Å²) in [6, 6.07) is 26.0.